The highest BCUT2D eigenvalue weighted by atomic mass is 16.6. The minimum absolute atomic E-state index is 0.0308. The Balaban J connectivity index is 2.39. The predicted molar refractivity (Wildman–Crippen MR) is 87.2 cm³/mol. The average Bonchev–Trinajstić information content (AvgIpc) is 2.48. The Morgan fingerprint density at radius 2 is 2.09 bits per heavy atom. The molecule has 1 saturated carbocycles. The van der Waals surface area contributed by atoms with Crippen molar-refractivity contribution in [3.05, 3.63) is 41.2 Å². The molecule has 1 fully saturated rings. The number of ketones is 1. The molecule has 0 aromatic heterocycles. The summed E-state index contributed by atoms with van der Waals surface area (Å²) in [4.78, 5) is 28.3. The topological polar surface area (TPSA) is 59.8 Å². The van der Waals surface area contributed by atoms with Crippen LogP contribution in [0.4, 0.5) is 10.5 Å². The van der Waals surface area contributed by atoms with E-state index >= 15 is 0 Å². The molecule has 0 heterocycles. The summed E-state index contributed by atoms with van der Waals surface area (Å²) in [6.07, 6.45) is 1.98. The molecule has 23 heavy (non-hydrogen) atoms. The summed E-state index contributed by atoms with van der Waals surface area (Å²) in [6.45, 7) is 12.5. The van der Waals surface area contributed by atoms with Crippen molar-refractivity contribution >= 4 is 17.6 Å². The predicted octanol–water partition coefficient (Wildman–Crippen LogP) is 4.10. The number of alkyl carbamates (subject to hydrolysis) is 1. The first kappa shape index (κ1) is 17.0. The average molecular weight is 314 g/mol. The first-order valence-corrected chi connectivity index (χ1v) is 7.79. The molecule has 1 aliphatic rings. The fourth-order valence-electron chi connectivity index (χ4n) is 2.86. The number of benzene rings is 1. The highest BCUT2D eigenvalue weighted by Crippen LogP contribution is 2.36. The molecule has 5 nitrogen and oxygen atoms in total. The fraction of sp³-hybridized carbons (Fsp3) is 0.500. The van der Waals surface area contributed by atoms with Gasteiger partial charge in [-0.2, -0.15) is 0 Å². The van der Waals surface area contributed by atoms with Gasteiger partial charge in [0.05, 0.1) is 6.57 Å². The molecule has 1 aromatic carbocycles. The maximum absolute atomic E-state index is 12.7. The second kappa shape index (κ2) is 6.41. The number of hydrogen-bond acceptors (Lipinski definition) is 3. The summed E-state index contributed by atoms with van der Waals surface area (Å²) in [5.41, 5.74) is -0.629. The lowest BCUT2D eigenvalue weighted by Gasteiger charge is -2.37. The van der Waals surface area contributed by atoms with Gasteiger partial charge >= 0.3 is 6.09 Å². The Labute approximate surface area is 136 Å². The molecule has 1 atom stereocenters. The summed E-state index contributed by atoms with van der Waals surface area (Å²) < 4.78 is 5.33. The molecule has 1 aliphatic carbocycles. The van der Waals surface area contributed by atoms with E-state index in [0.29, 0.717) is 24.1 Å². The highest BCUT2D eigenvalue weighted by Gasteiger charge is 2.43. The Morgan fingerprint density at radius 1 is 1.35 bits per heavy atom. The quantitative estimate of drug-likeness (QED) is 0.836. The van der Waals surface area contributed by atoms with E-state index in [4.69, 9.17) is 11.3 Å². The van der Waals surface area contributed by atoms with Crippen molar-refractivity contribution in [3.8, 4) is 0 Å². The van der Waals surface area contributed by atoms with Crippen LogP contribution < -0.4 is 5.32 Å². The van der Waals surface area contributed by atoms with Gasteiger partial charge in [0, 0.05) is 6.42 Å². The van der Waals surface area contributed by atoms with Gasteiger partial charge in [0.25, 0.3) is 0 Å². The maximum atomic E-state index is 12.7. The van der Waals surface area contributed by atoms with E-state index in [-0.39, 0.29) is 5.78 Å². The lowest BCUT2D eigenvalue weighted by atomic mass is 9.75. The normalized spacial score (nSPS) is 21.4. The molecular weight excluding hydrogens is 292 g/mol. The molecule has 1 N–H and O–H groups in total. The van der Waals surface area contributed by atoms with Crippen LogP contribution in [0.5, 0.6) is 0 Å². The Kier molecular flexibility index (Phi) is 4.74. The molecule has 1 amide bonds. The van der Waals surface area contributed by atoms with E-state index < -0.39 is 17.2 Å². The van der Waals surface area contributed by atoms with E-state index in [2.05, 4.69) is 10.2 Å². The summed E-state index contributed by atoms with van der Waals surface area (Å²) in [7, 11) is 0. The van der Waals surface area contributed by atoms with Crippen molar-refractivity contribution in [1.29, 1.82) is 0 Å². The fourth-order valence-corrected chi connectivity index (χ4v) is 2.86. The van der Waals surface area contributed by atoms with E-state index in [1.165, 1.54) is 0 Å². The highest BCUT2D eigenvalue weighted by molar-refractivity contribution is 5.93. The lowest BCUT2D eigenvalue weighted by Crippen LogP contribution is -2.54. The number of carbonyl (C=O) groups excluding carboxylic acids is 2. The maximum Gasteiger partial charge on any atom is 0.408 e. The van der Waals surface area contributed by atoms with Gasteiger partial charge in [-0.3, -0.25) is 4.79 Å². The summed E-state index contributed by atoms with van der Waals surface area (Å²) in [5, 5.41) is 2.79. The van der Waals surface area contributed by atoms with Gasteiger partial charge in [-0.25, -0.2) is 9.64 Å². The molecule has 0 saturated heterocycles. The number of rotatable bonds is 2. The van der Waals surface area contributed by atoms with Crippen LogP contribution >= 0.6 is 0 Å². The number of nitrogens with one attached hydrogen (secondary N) is 1. The van der Waals surface area contributed by atoms with Crippen LogP contribution in [-0.4, -0.2) is 17.5 Å². The van der Waals surface area contributed by atoms with E-state index in [1.54, 1.807) is 45.0 Å². The van der Waals surface area contributed by atoms with E-state index in [9.17, 15) is 9.59 Å². The molecule has 5 heteroatoms. The van der Waals surface area contributed by atoms with Crippen LogP contribution in [0.15, 0.2) is 24.3 Å². The van der Waals surface area contributed by atoms with Gasteiger partial charge in [0.2, 0.25) is 0 Å². The van der Waals surface area contributed by atoms with Crippen molar-refractivity contribution in [2.75, 3.05) is 0 Å². The number of carbonyl (C=O) groups is 2. The SMILES string of the molecule is [C-]#[N+]c1cccc([C@]2(NC(=O)OC(C)(C)C)CCCCC2=O)c1. The zero-order valence-electron chi connectivity index (χ0n) is 13.8. The van der Waals surface area contributed by atoms with E-state index in [0.717, 1.165) is 12.8 Å². The minimum atomic E-state index is -1.10. The molecule has 0 unspecified atom stereocenters. The second-order valence-corrected chi connectivity index (χ2v) is 6.82. The molecule has 2 rings (SSSR count). The van der Waals surface area contributed by atoms with Gasteiger partial charge in [-0.1, -0.05) is 24.3 Å². The molecule has 0 bridgehead atoms. The zero-order valence-corrected chi connectivity index (χ0v) is 13.8. The molecular formula is C18H22N2O3. The zero-order chi connectivity index (χ0) is 17.1. The third-order valence-electron chi connectivity index (χ3n) is 3.86. The first-order valence-electron chi connectivity index (χ1n) is 7.79. The van der Waals surface area contributed by atoms with E-state index in [1.807, 2.05) is 0 Å². The molecule has 0 aliphatic heterocycles. The van der Waals surface area contributed by atoms with Gasteiger partial charge in [-0.05, 0) is 45.6 Å². The number of amides is 1. The lowest BCUT2D eigenvalue weighted by molar-refractivity contribution is -0.128. The standard InChI is InChI=1S/C18H22N2O3/c1-17(2,3)23-16(22)20-18(11-6-5-10-15(18)21)13-8-7-9-14(12-13)19-4/h7-9,12H,5-6,10-11H2,1-3H3,(H,20,22)/t18-/m1/s1. The molecule has 1 aromatic rings. The van der Waals surface area contributed by atoms with Crippen LogP contribution in [-0.2, 0) is 15.1 Å². The van der Waals surface area contributed by atoms with Gasteiger partial charge < -0.3 is 10.1 Å². The van der Waals surface area contributed by atoms with Crippen LogP contribution in [0, 0.1) is 6.57 Å². The van der Waals surface area contributed by atoms with Gasteiger partial charge in [-0.15, -0.1) is 0 Å². The van der Waals surface area contributed by atoms with Crippen molar-refractivity contribution < 1.29 is 14.3 Å². The summed E-state index contributed by atoms with van der Waals surface area (Å²) in [6, 6.07) is 6.89. The number of ether oxygens (including phenoxy) is 1. The van der Waals surface area contributed by atoms with Crippen LogP contribution in [0.2, 0.25) is 0 Å². The summed E-state index contributed by atoms with van der Waals surface area (Å²) >= 11 is 0. The molecule has 0 radical (unpaired) electrons. The van der Waals surface area contributed by atoms with Crippen LogP contribution in [0.3, 0.4) is 0 Å². The Morgan fingerprint density at radius 3 is 2.70 bits per heavy atom. The van der Waals surface area contributed by atoms with Crippen molar-refractivity contribution in [2.45, 2.75) is 57.6 Å². The van der Waals surface area contributed by atoms with Crippen LogP contribution in [0.1, 0.15) is 52.0 Å². The monoisotopic (exact) mass is 314 g/mol. The largest absolute Gasteiger partial charge is 0.444 e. The van der Waals surface area contributed by atoms with Gasteiger partial charge in [0.1, 0.15) is 11.1 Å². The van der Waals surface area contributed by atoms with Gasteiger partial charge in [0.15, 0.2) is 11.5 Å². The first-order chi connectivity index (χ1) is 10.8. The second-order valence-electron chi connectivity index (χ2n) is 6.82. The van der Waals surface area contributed by atoms with Crippen molar-refractivity contribution in [2.24, 2.45) is 0 Å². The third kappa shape index (κ3) is 3.89. The number of Topliss-reactive ketones (excluding diaryl/α,β-unsaturated/α-hetero) is 1. The number of hydrogen-bond donors (Lipinski definition) is 1. The Bertz CT molecular complexity index is 655. The smallest absolute Gasteiger partial charge is 0.408 e. The third-order valence-corrected chi connectivity index (χ3v) is 3.86. The van der Waals surface area contributed by atoms with Crippen molar-refractivity contribution in [1.82, 2.24) is 5.32 Å². The van der Waals surface area contributed by atoms with Crippen molar-refractivity contribution in [3.63, 3.8) is 0 Å². The minimum Gasteiger partial charge on any atom is -0.444 e. The van der Waals surface area contributed by atoms with Crippen LogP contribution in [0.25, 0.3) is 4.85 Å². The molecule has 0 spiro atoms. The number of nitrogens with zero attached hydrogens (tertiary/aromatic N) is 1. The molecule has 122 valence electrons. The Hall–Kier alpha value is -2.35. The summed E-state index contributed by atoms with van der Waals surface area (Å²) in [5.74, 6) is -0.0308.